The average molecular weight is 265 g/mol. The highest BCUT2D eigenvalue weighted by Crippen LogP contribution is 2.34. The molecule has 0 aromatic rings. The molecule has 0 spiro atoms. The summed E-state index contributed by atoms with van der Waals surface area (Å²) in [5.41, 5.74) is -0.503. The first-order valence-electron chi connectivity index (χ1n) is 5.38. The van der Waals surface area contributed by atoms with Crippen LogP contribution >= 0.6 is 25.7 Å². The van der Waals surface area contributed by atoms with Crippen molar-refractivity contribution in [1.82, 2.24) is 4.31 Å². The molecule has 0 atom stereocenters. The van der Waals surface area contributed by atoms with Crippen LogP contribution in [0.1, 0.15) is 32.1 Å². The van der Waals surface area contributed by atoms with Gasteiger partial charge in [-0.1, -0.05) is 6.08 Å². The molecule has 0 saturated heterocycles. The molecule has 96 valence electrons. The quantitative estimate of drug-likeness (QED) is 0.470. The lowest BCUT2D eigenvalue weighted by molar-refractivity contribution is -0.00630. The fourth-order valence-corrected chi connectivity index (χ4v) is 2.72. The third kappa shape index (κ3) is 4.67. The summed E-state index contributed by atoms with van der Waals surface area (Å²) in [6, 6.07) is 0.514. The van der Waals surface area contributed by atoms with Crippen molar-refractivity contribution in [3.63, 3.8) is 0 Å². The average Bonchev–Trinajstić information content (AvgIpc) is 2.19. The molecule has 0 radical (unpaired) electrons. The zero-order valence-corrected chi connectivity index (χ0v) is 11.9. The van der Waals surface area contributed by atoms with Crippen molar-refractivity contribution in [2.24, 2.45) is 0 Å². The fourth-order valence-electron chi connectivity index (χ4n) is 2.15. The van der Waals surface area contributed by atoms with Gasteiger partial charge < -0.3 is 9.29 Å². The normalized spacial score (nSPS) is 29.9. The molecule has 1 fully saturated rings. The fraction of sp³-hybridized carbons (Fsp3) is 0.818. The Kier molecular flexibility index (Phi) is 7.76. The van der Waals surface area contributed by atoms with E-state index in [1.165, 1.54) is 12.2 Å². The van der Waals surface area contributed by atoms with E-state index in [0.717, 1.165) is 25.7 Å². The van der Waals surface area contributed by atoms with Crippen LogP contribution in [0.3, 0.4) is 0 Å². The topological polar surface area (TPSA) is 32.7 Å². The summed E-state index contributed by atoms with van der Waals surface area (Å²) in [5, 5.41) is 10.2. The lowest BCUT2D eigenvalue weighted by atomic mass is 9.80. The predicted molar refractivity (Wildman–Crippen MR) is 74.8 cm³/mol. The molecule has 1 rings (SSSR count). The second-order valence-electron chi connectivity index (χ2n) is 4.24. The SMILES string of the molecule is C=CCC1(O)CCC(N(C)SOC)CC1.S. The first kappa shape index (κ1) is 16.3. The number of nitrogens with zero attached hydrogens (tertiary/aromatic N) is 1. The van der Waals surface area contributed by atoms with Crippen molar-refractivity contribution in [1.29, 1.82) is 0 Å². The van der Waals surface area contributed by atoms with Gasteiger partial charge in [0, 0.05) is 6.04 Å². The Labute approximate surface area is 110 Å². The third-order valence-electron chi connectivity index (χ3n) is 3.12. The highest BCUT2D eigenvalue weighted by molar-refractivity contribution is 7.92. The molecule has 5 heteroatoms. The molecule has 1 aliphatic carbocycles. The monoisotopic (exact) mass is 265 g/mol. The Morgan fingerprint density at radius 1 is 1.56 bits per heavy atom. The summed E-state index contributed by atoms with van der Waals surface area (Å²) in [6.07, 6.45) is 6.29. The van der Waals surface area contributed by atoms with Gasteiger partial charge in [-0.25, -0.2) is 4.31 Å². The minimum atomic E-state index is -0.503. The molecule has 1 saturated carbocycles. The smallest absolute Gasteiger partial charge is 0.0816 e. The second-order valence-corrected chi connectivity index (χ2v) is 5.29. The van der Waals surface area contributed by atoms with Gasteiger partial charge in [0.15, 0.2) is 0 Å². The number of hydrogen-bond acceptors (Lipinski definition) is 4. The summed E-state index contributed by atoms with van der Waals surface area (Å²) in [7, 11) is 3.72. The number of rotatable bonds is 5. The van der Waals surface area contributed by atoms with Crippen LogP contribution in [0.5, 0.6) is 0 Å². The van der Waals surface area contributed by atoms with E-state index in [0.29, 0.717) is 12.5 Å². The van der Waals surface area contributed by atoms with Crippen molar-refractivity contribution in [3.8, 4) is 0 Å². The van der Waals surface area contributed by atoms with Crippen LogP contribution in [-0.2, 0) is 4.18 Å². The molecule has 1 N–H and O–H groups in total. The minimum absolute atomic E-state index is 0. The Hall–Kier alpha value is 0.320. The molecule has 0 aliphatic heterocycles. The van der Waals surface area contributed by atoms with E-state index in [1.807, 2.05) is 13.1 Å². The second kappa shape index (κ2) is 7.61. The van der Waals surface area contributed by atoms with Crippen LogP contribution in [0.15, 0.2) is 12.7 Å². The van der Waals surface area contributed by atoms with Gasteiger partial charge in [0.2, 0.25) is 0 Å². The molecule has 0 amide bonds. The lowest BCUT2D eigenvalue weighted by Crippen LogP contribution is -2.39. The van der Waals surface area contributed by atoms with Crippen LogP contribution in [0.25, 0.3) is 0 Å². The van der Waals surface area contributed by atoms with E-state index >= 15 is 0 Å². The minimum Gasteiger partial charge on any atom is -0.390 e. The van der Waals surface area contributed by atoms with Gasteiger partial charge in [-0.3, -0.25) is 0 Å². The molecule has 1 aliphatic rings. The molecular formula is C11H23NO2S2. The summed E-state index contributed by atoms with van der Waals surface area (Å²) in [5.74, 6) is 0. The highest BCUT2D eigenvalue weighted by Gasteiger charge is 2.33. The Bertz CT molecular complexity index is 206. The van der Waals surface area contributed by atoms with Crippen LogP contribution in [0.2, 0.25) is 0 Å². The van der Waals surface area contributed by atoms with Gasteiger partial charge in [-0.2, -0.15) is 13.5 Å². The molecule has 16 heavy (non-hydrogen) atoms. The molecule has 0 aromatic heterocycles. The van der Waals surface area contributed by atoms with Gasteiger partial charge in [-0.05, 0) is 39.2 Å². The molecular weight excluding hydrogens is 242 g/mol. The molecule has 3 nitrogen and oxygen atoms in total. The summed E-state index contributed by atoms with van der Waals surface area (Å²) in [6.45, 7) is 3.69. The zero-order valence-electron chi connectivity index (χ0n) is 10.1. The molecule has 0 unspecified atom stereocenters. The largest absolute Gasteiger partial charge is 0.390 e. The van der Waals surface area contributed by atoms with E-state index < -0.39 is 5.60 Å². The summed E-state index contributed by atoms with van der Waals surface area (Å²) < 4.78 is 7.15. The van der Waals surface area contributed by atoms with Crippen molar-refractivity contribution in [2.75, 3.05) is 14.2 Å². The lowest BCUT2D eigenvalue weighted by Gasteiger charge is -2.38. The third-order valence-corrected chi connectivity index (χ3v) is 3.80. The predicted octanol–water partition coefficient (Wildman–Crippen LogP) is 2.49. The molecule has 0 aromatic carbocycles. The van der Waals surface area contributed by atoms with Gasteiger partial charge >= 0.3 is 0 Å². The maximum Gasteiger partial charge on any atom is 0.0816 e. The maximum absolute atomic E-state index is 10.2. The van der Waals surface area contributed by atoms with Crippen molar-refractivity contribution >= 4 is 25.7 Å². The van der Waals surface area contributed by atoms with Crippen molar-refractivity contribution < 1.29 is 9.29 Å². The van der Waals surface area contributed by atoms with Crippen LogP contribution in [0, 0.1) is 0 Å². The van der Waals surface area contributed by atoms with Crippen molar-refractivity contribution in [2.45, 2.75) is 43.7 Å². The summed E-state index contributed by atoms with van der Waals surface area (Å²) >= 11 is 1.38. The zero-order chi connectivity index (χ0) is 11.3. The van der Waals surface area contributed by atoms with E-state index in [4.69, 9.17) is 4.18 Å². The Balaban J connectivity index is 0.00000225. The van der Waals surface area contributed by atoms with Crippen LogP contribution in [-0.4, -0.2) is 35.2 Å². The van der Waals surface area contributed by atoms with E-state index in [9.17, 15) is 5.11 Å². The van der Waals surface area contributed by atoms with Crippen molar-refractivity contribution in [3.05, 3.63) is 12.7 Å². The molecule has 0 bridgehead atoms. The first-order valence-corrected chi connectivity index (χ1v) is 6.08. The van der Waals surface area contributed by atoms with Crippen LogP contribution < -0.4 is 0 Å². The Morgan fingerprint density at radius 2 is 2.12 bits per heavy atom. The van der Waals surface area contributed by atoms with E-state index in [1.54, 1.807) is 7.11 Å². The van der Waals surface area contributed by atoms with E-state index in [2.05, 4.69) is 10.9 Å². The maximum atomic E-state index is 10.2. The number of hydrogen-bond donors (Lipinski definition) is 1. The van der Waals surface area contributed by atoms with Gasteiger partial charge in [0.1, 0.15) is 0 Å². The standard InChI is InChI=1S/C11H21NO2S.H2S/c1-4-7-11(13)8-5-10(6-9-11)12(2)15-14-3;/h4,10,13H,1,5-9H2,2-3H3;1H2. The number of aliphatic hydroxyl groups is 1. The van der Waals surface area contributed by atoms with Gasteiger partial charge in [0.25, 0.3) is 0 Å². The van der Waals surface area contributed by atoms with Gasteiger partial charge in [0.05, 0.1) is 24.9 Å². The molecule has 0 heterocycles. The highest BCUT2D eigenvalue weighted by atomic mass is 32.2. The Morgan fingerprint density at radius 3 is 2.56 bits per heavy atom. The van der Waals surface area contributed by atoms with E-state index in [-0.39, 0.29) is 13.5 Å². The first-order chi connectivity index (χ1) is 7.11. The summed E-state index contributed by atoms with van der Waals surface area (Å²) in [4.78, 5) is 0. The van der Waals surface area contributed by atoms with Gasteiger partial charge in [-0.15, -0.1) is 6.58 Å². The van der Waals surface area contributed by atoms with Crippen LogP contribution in [0.4, 0.5) is 0 Å².